The lowest BCUT2D eigenvalue weighted by molar-refractivity contribution is 0.717. The zero-order chi connectivity index (χ0) is 27.6. The summed E-state index contributed by atoms with van der Waals surface area (Å²) < 4.78 is 0. The van der Waals surface area contributed by atoms with Gasteiger partial charge >= 0.3 is 0 Å². The molecule has 0 unspecified atom stereocenters. The molecule has 0 nitrogen and oxygen atoms in total. The number of hydrogen-bond acceptors (Lipinski definition) is 0. The first-order valence-corrected chi connectivity index (χ1v) is 14.9. The predicted octanol–water partition coefficient (Wildman–Crippen LogP) is 10.3. The average molecular weight is 519 g/mol. The van der Waals surface area contributed by atoms with Gasteiger partial charge in [-0.2, -0.15) is 0 Å². The van der Waals surface area contributed by atoms with Crippen LogP contribution in [0.4, 0.5) is 0 Å². The lowest BCUT2D eigenvalue weighted by atomic mass is 10.00. The average Bonchev–Trinajstić information content (AvgIpc) is 2.99. The maximum Gasteiger partial charge on any atom is 0.0255 e. The van der Waals surface area contributed by atoms with Gasteiger partial charge in [-0.25, -0.2) is 0 Å². The number of benzene rings is 5. The highest BCUT2D eigenvalue weighted by atomic mass is 14.1. The largest absolute Gasteiger partial charge is 0.0654 e. The summed E-state index contributed by atoms with van der Waals surface area (Å²) in [6.07, 6.45) is 9.93. The fourth-order valence-corrected chi connectivity index (χ4v) is 5.11. The first-order valence-electron chi connectivity index (χ1n) is 14.9. The summed E-state index contributed by atoms with van der Waals surface area (Å²) in [5, 5.41) is 4.86. The maximum atomic E-state index is 3.36. The number of aryl methyl sites for hydroxylation is 2. The molecule has 0 aliphatic carbocycles. The van der Waals surface area contributed by atoms with Gasteiger partial charge in [0.05, 0.1) is 0 Å². The quantitative estimate of drug-likeness (QED) is 0.109. The molecule has 0 bridgehead atoms. The second-order valence-electron chi connectivity index (χ2n) is 10.8. The van der Waals surface area contributed by atoms with Gasteiger partial charge in [-0.15, -0.1) is 0 Å². The van der Waals surface area contributed by atoms with E-state index in [0.29, 0.717) is 0 Å². The van der Waals surface area contributed by atoms with Crippen molar-refractivity contribution in [3.8, 4) is 23.7 Å². The second kappa shape index (κ2) is 13.7. The van der Waals surface area contributed by atoms with Crippen molar-refractivity contribution in [1.82, 2.24) is 0 Å². The van der Waals surface area contributed by atoms with Crippen LogP contribution in [0.25, 0.3) is 21.5 Å². The summed E-state index contributed by atoms with van der Waals surface area (Å²) in [7, 11) is 0. The van der Waals surface area contributed by atoms with Crippen molar-refractivity contribution >= 4 is 21.5 Å². The molecule has 0 saturated heterocycles. The lowest BCUT2D eigenvalue weighted by Crippen LogP contribution is -1.86. The Kier molecular flexibility index (Phi) is 9.35. The van der Waals surface area contributed by atoms with E-state index in [1.165, 1.54) is 71.2 Å². The van der Waals surface area contributed by atoms with E-state index in [0.717, 1.165) is 35.1 Å². The molecule has 5 rings (SSSR count). The van der Waals surface area contributed by atoms with Crippen molar-refractivity contribution in [2.24, 2.45) is 0 Å². The van der Waals surface area contributed by atoms with Crippen molar-refractivity contribution in [2.75, 3.05) is 0 Å². The van der Waals surface area contributed by atoms with E-state index in [4.69, 9.17) is 0 Å². The fourth-order valence-electron chi connectivity index (χ4n) is 5.11. The van der Waals surface area contributed by atoms with Gasteiger partial charge in [0.25, 0.3) is 0 Å². The molecule has 0 aliphatic heterocycles. The van der Waals surface area contributed by atoms with Crippen molar-refractivity contribution in [3.63, 3.8) is 0 Å². The second-order valence-corrected chi connectivity index (χ2v) is 10.8. The van der Waals surface area contributed by atoms with Crippen molar-refractivity contribution in [3.05, 3.63) is 130 Å². The first kappa shape index (κ1) is 27.3. The van der Waals surface area contributed by atoms with E-state index in [-0.39, 0.29) is 0 Å². The molecule has 5 aromatic rings. The standard InChI is InChI=1S/C40H38/c1-3-5-7-9-31-11-15-33(16-12-31)19-21-35-23-25-37-30-40-28-36(24-26-38(40)29-39(37)27-35)22-20-34-17-13-32(14-18-34)10-8-6-4-2/h11-18,23-30H,3-10H2,1-2H3. The molecule has 0 saturated carbocycles. The summed E-state index contributed by atoms with van der Waals surface area (Å²) in [6, 6.07) is 35.0. The summed E-state index contributed by atoms with van der Waals surface area (Å²) >= 11 is 0. The Balaban J connectivity index is 1.29. The van der Waals surface area contributed by atoms with E-state index in [1.807, 2.05) is 0 Å². The monoisotopic (exact) mass is 518 g/mol. The topological polar surface area (TPSA) is 0 Å². The minimum absolute atomic E-state index is 1.04. The highest BCUT2D eigenvalue weighted by Crippen LogP contribution is 2.25. The van der Waals surface area contributed by atoms with E-state index >= 15 is 0 Å². The molecule has 0 radical (unpaired) electrons. The molecule has 198 valence electrons. The normalized spacial score (nSPS) is 10.7. The van der Waals surface area contributed by atoms with Crippen LogP contribution in [0.5, 0.6) is 0 Å². The highest BCUT2D eigenvalue weighted by Gasteiger charge is 2.01. The molecule has 40 heavy (non-hydrogen) atoms. The molecule has 0 spiro atoms. The lowest BCUT2D eigenvalue weighted by Gasteiger charge is -2.04. The molecule has 0 aromatic heterocycles. The Morgan fingerprint density at radius 1 is 0.375 bits per heavy atom. The Morgan fingerprint density at radius 2 is 0.750 bits per heavy atom. The first-order chi connectivity index (χ1) is 19.7. The third-order valence-electron chi connectivity index (χ3n) is 7.54. The van der Waals surface area contributed by atoms with Gasteiger partial charge < -0.3 is 0 Å². The molecule has 0 atom stereocenters. The number of rotatable bonds is 8. The zero-order valence-electron chi connectivity index (χ0n) is 23.9. The minimum Gasteiger partial charge on any atom is -0.0654 e. The minimum atomic E-state index is 1.04. The van der Waals surface area contributed by atoms with Crippen LogP contribution < -0.4 is 0 Å². The van der Waals surface area contributed by atoms with Crippen LogP contribution in [0.15, 0.2) is 97.1 Å². The van der Waals surface area contributed by atoms with E-state index in [9.17, 15) is 0 Å². The van der Waals surface area contributed by atoms with Crippen molar-refractivity contribution in [2.45, 2.75) is 65.2 Å². The Hall–Kier alpha value is -4.26. The van der Waals surface area contributed by atoms with Gasteiger partial charge in [-0.05, 0) is 119 Å². The van der Waals surface area contributed by atoms with Crippen LogP contribution in [-0.2, 0) is 12.8 Å². The van der Waals surface area contributed by atoms with Crippen molar-refractivity contribution < 1.29 is 0 Å². The van der Waals surface area contributed by atoms with E-state index in [2.05, 4.69) is 135 Å². The molecule has 0 heterocycles. The van der Waals surface area contributed by atoms with Gasteiger partial charge in [-0.1, -0.05) is 99.6 Å². The van der Waals surface area contributed by atoms with Crippen LogP contribution in [0, 0.1) is 23.7 Å². The summed E-state index contributed by atoms with van der Waals surface area (Å²) in [4.78, 5) is 0. The maximum absolute atomic E-state index is 3.36. The van der Waals surface area contributed by atoms with E-state index in [1.54, 1.807) is 0 Å². The fraction of sp³-hybridized carbons (Fsp3) is 0.250. The summed E-state index contributed by atoms with van der Waals surface area (Å²) in [5.74, 6) is 13.4. The molecule has 0 aliphatic rings. The molecule has 0 heteroatoms. The van der Waals surface area contributed by atoms with Gasteiger partial charge in [-0.3, -0.25) is 0 Å². The molecule has 0 N–H and O–H groups in total. The number of hydrogen-bond donors (Lipinski definition) is 0. The summed E-state index contributed by atoms with van der Waals surface area (Å²) in [5.41, 5.74) is 7.01. The van der Waals surface area contributed by atoms with Crippen molar-refractivity contribution in [1.29, 1.82) is 0 Å². The SMILES string of the molecule is CCCCCc1ccc(C#Cc2ccc3cc4cc(C#Cc5ccc(CCCCC)cc5)ccc4cc3c2)cc1. The predicted molar refractivity (Wildman–Crippen MR) is 173 cm³/mol. The molecular formula is C40H38. The number of fused-ring (bicyclic) bond motifs is 2. The number of unbranched alkanes of at least 4 members (excludes halogenated alkanes) is 4. The van der Waals surface area contributed by atoms with Gasteiger partial charge in [0, 0.05) is 22.3 Å². The molecular weight excluding hydrogens is 480 g/mol. The third-order valence-corrected chi connectivity index (χ3v) is 7.54. The van der Waals surface area contributed by atoms with Crippen LogP contribution in [0.2, 0.25) is 0 Å². The van der Waals surface area contributed by atoms with Gasteiger partial charge in [0.2, 0.25) is 0 Å². The van der Waals surface area contributed by atoms with E-state index < -0.39 is 0 Å². The van der Waals surface area contributed by atoms with Crippen LogP contribution >= 0.6 is 0 Å². The van der Waals surface area contributed by atoms with Gasteiger partial charge in [0.1, 0.15) is 0 Å². The Labute approximate surface area is 240 Å². The smallest absolute Gasteiger partial charge is 0.0255 e. The third kappa shape index (κ3) is 7.44. The van der Waals surface area contributed by atoms with Crippen LogP contribution in [-0.4, -0.2) is 0 Å². The van der Waals surface area contributed by atoms with Crippen LogP contribution in [0.1, 0.15) is 85.8 Å². The Bertz CT molecular complexity index is 1560. The highest BCUT2D eigenvalue weighted by molar-refractivity contribution is 5.99. The molecule has 5 aromatic carbocycles. The zero-order valence-corrected chi connectivity index (χ0v) is 23.9. The Morgan fingerprint density at radius 3 is 1.15 bits per heavy atom. The van der Waals surface area contributed by atoms with Gasteiger partial charge in [0.15, 0.2) is 0 Å². The summed E-state index contributed by atoms with van der Waals surface area (Å²) in [6.45, 7) is 4.49. The molecule has 0 fully saturated rings. The molecule has 0 amide bonds. The van der Waals surface area contributed by atoms with Crippen LogP contribution in [0.3, 0.4) is 0 Å².